The molecule has 0 aliphatic rings. The largest absolute Gasteiger partial charge is 0.349 e. The number of sulfonamides is 1. The lowest BCUT2D eigenvalue weighted by Crippen LogP contribution is -2.24. The number of anilines is 1. The molecule has 0 saturated carbocycles. The van der Waals surface area contributed by atoms with Crippen LogP contribution in [0.5, 0.6) is 0 Å². The number of rotatable bonds is 6. The van der Waals surface area contributed by atoms with Crippen LogP contribution in [-0.2, 0) is 10.0 Å². The van der Waals surface area contributed by atoms with Crippen molar-refractivity contribution in [1.29, 1.82) is 0 Å². The maximum absolute atomic E-state index is 12.7. The summed E-state index contributed by atoms with van der Waals surface area (Å²) in [5.74, 6) is -0.345. The summed E-state index contributed by atoms with van der Waals surface area (Å²) in [6.45, 7) is 7.36. The molecule has 5 nitrogen and oxygen atoms in total. The monoisotopic (exact) mass is 344 g/mol. The number of hydrogen-bond acceptors (Lipinski definition) is 3. The molecular weight excluding hydrogens is 324 g/mol. The molecule has 0 fully saturated rings. The second-order valence-electron chi connectivity index (χ2n) is 5.40. The van der Waals surface area contributed by atoms with Crippen LogP contribution in [0.1, 0.15) is 21.5 Å². The molecule has 0 unspecified atom stereocenters. The molecule has 0 aliphatic carbocycles. The van der Waals surface area contributed by atoms with Gasteiger partial charge in [0, 0.05) is 12.1 Å². The van der Waals surface area contributed by atoms with E-state index in [0.717, 1.165) is 5.56 Å². The van der Waals surface area contributed by atoms with Gasteiger partial charge >= 0.3 is 0 Å². The quantitative estimate of drug-likeness (QED) is 0.791. The summed E-state index contributed by atoms with van der Waals surface area (Å²) in [7, 11) is -3.79. The van der Waals surface area contributed by atoms with Gasteiger partial charge in [0.05, 0.1) is 10.6 Å². The van der Waals surface area contributed by atoms with Crippen molar-refractivity contribution < 1.29 is 13.2 Å². The van der Waals surface area contributed by atoms with Crippen LogP contribution in [0.25, 0.3) is 0 Å². The molecular formula is C18H20N2O3S. The summed E-state index contributed by atoms with van der Waals surface area (Å²) >= 11 is 0. The highest BCUT2D eigenvalue weighted by molar-refractivity contribution is 7.92. The molecule has 2 rings (SSSR count). The Bertz CT molecular complexity index is 874. The van der Waals surface area contributed by atoms with E-state index >= 15 is 0 Å². The normalized spacial score (nSPS) is 10.9. The summed E-state index contributed by atoms with van der Waals surface area (Å²) in [5, 5.41) is 2.63. The first-order valence-corrected chi connectivity index (χ1v) is 8.91. The standard InChI is InChI=1S/C18H20N2O3S/c1-4-11-19-18(21)15-10-9-14(3)17(12-15)24(22,23)20-16-8-6-5-7-13(16)2/h4-10,12,20H,1,11H2,2-3H3,(H,19,21). The maximum atomic E-state index is 12.7. The SMILES string of the molecule is C=CCNC(=O)c1ccc(C)c(S(=O)(=O)Nc2ccccc2C)c1. The van der Waals surface area contributed by atoms with Crippen molar-refractivity contribution in [1.82, 2.24) is 5.32 Å². The van der Waals surface area contributed by atoms with Crippen LogP contribution in [0.15, 0.2) is 60.0 Å². The molecule has 24 heavy (non-hydrogen) atoms. The molecule has 1 amide bonds. The Morgan fingerprint density at radius 1 is 1.12 bits per heavy atom. The minimum Gasteiger partial charge on any atom is -0.349 e. The first-order chi connectivity index (χ1) is 11.3. The van der Waals surface area contributed by atoms with Gasteiger partial charge in [0.1, 0.15) is 0 Å². The number of benzene rings is 2. The van der Waals surface area contributed by atoms with Gasteiger partial charge in [-0.15, -0.1) is 6.58 Å². The Balaban J connectivity index is 2.37. The number of nitrogens with one attached hydrogen (secondary N) is 2. The van der Waals surface area contributed by atoms with Crippen molar-refractivity contribution in [2.45, 2.75) is 18.7 Å². The maximum Gasteiger partial charge on any atom is 0.262 e. The average molecular weight is 344 g/mol. The van der Waals surface area contributed by atoms with Gasteiger partial charge in [-0.25, -0.2) is 8.42 Å². The summed E-state index contributed by atoms with van der Waals surface area (Å²) in [5.41, 5.74) is 2.18. The van der Waals surface area contributed by atoms with Gasteiger partial charge < -0.3 is 5.32 Å². The molecule has 0 heterocycles. The Morgan fingerprint density at radius 3 is 2.50 bits per heavy atom. The van der Waals surface area contributed by atoms with Crippen LogP contribution < -0.4 is 10.0 Å². The minimum absolute atomic E-state index is 0.0806. The number of carbonyl (C=O) groups is 1. The molecule has 0 spiro atoms. The lowest BCUT2D eigenvalue weighted by molar-refractivity contribution is 0.0958. The van der Waals surface area contributed by atoms with Gasteiger partial charge in [-0.2, -0.15) is 0 Å². The molecule has 2 aromatic carbocycles. The molecule has 0 aliphatic heterocycles. The Labute approximate surface area is 142 Å². The van der Waals surface area contributed by atoms with Crippen molar-refractivity contribution in [3.63, 3.8) is 0 Å². The third-order valence-electron chi connectivity index (χ3n) is 3.54. The molecule has 126 valence electrons. The van der Waals surface area contributed by atoms with Crippen LogP contribution in [0.3, 0.4) is 0 Å². The fraction of sp³-hybridized carbons (Fsp3) is 0.167. The van der Waals surface area contributed by atoms with E-state index in [0.29, 0.717) is 17.8 Å². The molecule has 0 saturated heterocycles. The highest BCUT2D eigenvalue weighted by Gasteiger charge is 2.19. The third-order valence-corrected chi connectivity index (χ3v) is 5.04. The second-order valence-corrected chi connectivity index (χ2v) is 7.05. The van der Waals surface area contributed by atoms with Crippen molar-refractivity contribution in [3.05, 3.63) is 71.8 Å². The van der Waals surface area contributed by atoms with E-state index in [1.165, 1.54) is 6.07 Å². The molecule has 2 aromatic rings. The van der Waals surface area contributed by atoms with E-state index in [-0.39, 0.29) is 16.4 Å². The molecule has 6 heteroatoms. The summed E-state index contributed by atoms with van der Waals surface area (Å²) < 4.78 is 28.0. The van der Waals surface area contributed by atoms with E-state index < -0.39 is 10.0 Å². The number of aryl methyl sites for hydroxylation is 2. The Kier molecular flexibility index (Phi) is 5.41. The van der Waals surface area contributed by atoms with Crippen LogP contribution >= 0.6 is 0 Å². The lowest BCUT2D eigenvalue weighted by atomic mass is 10.1. The third kappa shape index (κ3) is 4.02. The molecule has 0 atom stereocenters. The van der Waals surface area contributed by atoms with E-state index in [1.54, 1.807) is 37.3 Å². The zero-order valence-electron chi connectivity index (χ0n) is 13.7. The average Bonchev–Trinajstić information content (AvgIpc) is 2.55. The summed E-state index contributed by atoms with van der Waals surface area (Å²) in [6.07, 6.45) is 1.56. The number of amides is 1. The zero-order chi connectivity index (χ0) is 17.7. The number of para-hydroxylation sites is 1. The van der Waals surface area contributed by atoms with Gasteiger partial charge in [0.15, 0.2) is 0 Å². The number of carbonyl (C=O) groups excluding carboxylic acids is 1. The fourth-order valence-electron chi connectivity index (χ4n) is 2.18. The van der Waals surface area contributed by atoms with Crippen molar-refractivity contribution in [2.24, 2.45) is 0 Å². The van der Waals surface area contributed by atoms with E-state index in [9.17, 15) is 13.2 Å². The zero-order valence-corrected chi connectivity index (χ0v) is 14.5. The van der Waals surface area contributed by atoms with E-state index in [4.69, 9.17) is 0 Å². The van der Waals surface area contributed by atoms with Gasteiger partial charge in [0.2, 0.25) is 0 Å². The molecule has 2 N–H and O–H groups in total. The Morgan fingerprint density at radius 2 is 1.83 bits per heavy atom. The highest BCUT2D eigenvalue weighted by atomic mass is 32.2. The van der Waals surface area contributed by atoms with Crippen molar-refractivity contribution in [2.75, 3.05) is 11.3 Å². The van der Waals surface area contributed by atoms with E-state index in [2.05, 4.69) is 16.6 Å². The first-order valence-electron chi connectivity index (χ1n) is 7.43. The predicted octanol–water partition coefficient (Wildman–Crippen LogP) is 3.02. The van der Waals surface area contributed by atoms with Gasteiger partial charge in [-0.05, 0) is 43.2 Å². The summed E-state index contributed by atoms with van der Waals surface area (Å²) in [6, 6.07) is 11.7. The van der Waals surface area contributed by atoms with Crippen LogP contribution in [0.2, 0.25) is 0 Å². The van der Waals surface area contributed by atoms with Crippen LogP contribution in [0.4, 0.5) is 5.69 Å². The predicted molar refractivity (Wildman–Crippen MR) is 95.7 cm³/mol. The number of hydrogen-bond donors (Lipinski definition) is 2. The van der Waals surface area contributed by atoms with E-state index in [1.807, 2.05) is 19.1 Å². The van der Waals surface area contributed by atoms with Crippen LogP contribution in [0, 0.1) is 13.8 Å². The second kappa shape index (κ2) is 7.31. The Hall–Kier alpha value is -2.60. The van der Waals surface area contributed by atoms with Crippen molar-refractivity contribution >= 4 is 21.6 Å². The van der Waals surface area contributed by atoms with Gasteiger partial charge in [0.25, 0.3) is 15.9 Å². The highest BCUT2D eigenvalue weighted by Crippen LogP contribution is 2.22. The van der Waals surface area contributed by atoms with Gasteiger partial charge in [-0.1, -0.05) is 30.3 Å². The smallest absolute Gasteiger partial charge is 0.262 e. The molecule has 0 aromatic heterocycles. The minimum atomic E-state index is -3.79. The summed E-state index contributed by atoms with van der Waals surface area (Å²) in [4.78, 5) is 12.1. The molecule has 0 radical (unpaired) electrons. The van der Waals surface area contributed by atoms with Crippen molar-refractivity contribution in [3.8, 4) is 0 Å². The van der Waals surface area contributed by atoms with Gasteiger partial charge in [-0.3, -0.25) is 9.52 Å². The van der Waals surface area contributed by atoms with Crippen LogP contribution in [-0.4, -0.2) is 20.9 Å². The molecule has 0 bridgehead atoms. The first kappa shape index (κ1) is 17.7. The fourth-order valence-corrected chi connectivity index (χ4v) is 3.59. The lowest BCUT2D eigenvalue weighted by Gasteiger charge is -2.13. The topological polar surface area (TPSA) is 75.3 Å².